The summed E-state index contributed by atoms with van der Waals surface area (Å²) in [5.74, 6) is -0.401. The number of nitrogens with one attached hydrogen (secondary N) is 1. The van der Waals surface area contributed by atoms with Crippen LogP contribution in [-0.4, -0.2) is 25.2 Å². The van der Waals surface area contributed by atoms with Crippen LogP contribution in [0.2, 0.25) is 0 Å². The molecule has 0 saturated heterocycles. The van der Waals surface area contributed by atoms with Crippen LogP contribution in [-0.2, 0) is 9.53 Å². The second-order valence-corrected chi connectivity index (χ2v) is 4.22. The number of hydrogen-bond donors (Lipinski definition) is 2. The second kappa shape index (κ2) is 5.68. The first-order valence-corrected chi connectivity index (χ1v) is 5.68. The normalized spacial score (nSPS) is 14.1. The number of benzene rings is 1. The monoisotopic (exact) mass is 236 g/mol. The lowest BCUT2D eigenvalue weighted by Crippen LogP contribution is -2.53. The first-order chi connectivity index (χ1) is 8.04. The Bertz CT molecular complexity index is 376. The third kappa shape index (κ3) is 3.20. The van der Waals surface area contributed by atoms with Gasteiger partial charge in [-0.1, -0.05) is 24.6 Å². The average Bonchev–Trinajstić information content (AvgIpc) is 2.31. The number of carbonyl (C=O) groups is 1. The van der Waals surface area contributed by atoms with Crippen LogP contribution in [0.15, 0.2) is 24.3 Å². The molecule has 1 amide bonds. The minimum atomic E-state index is -0.843. The molecule has 4 nitrogen and oxygen atoms in total. The van der Waals surface area contributed by atoms with Crippen molar-refractivity contribution in [3.63, 3.8) is 0 Å². The molecule has 0 fully saturated rings. The Kier molecular flexibility index (Phi) is 4.52. The molecule has 94 valence electrons. The van der Waals surface area contributed by atoms with Crippen LogP contribution >= 0.6 is 0 Å². The molecule has 0 bridgehead atoms. The summed E-state index contributed by atoms with van der Waals surface area (Å²) < 4.78 is 5.09. The zero-order valence-electron chi connectivity index (χ0n) is 10.6. The van der Waals surface area contributed by atoms with Crippen molar-refractivity contribution in [3.8, 4) is 0 Å². The standard InChI is InChI=1S/C13H20N2O2/c1-4-13(9-17-3,12(14)16)15-11-7-5-10(2)6-8-11/h5-8,15H,4,9H2,1-3H3,(H2,14,16). The van der Waals surface area contributed by atoms with Crippen LogP contribution < -0.4 is 11.1 Å². The van der Waals surface area contributed by atoms with Crippen LogP contribution in [0.25, 0.3) is 0 Å². The fourth-order valence-corrected chi connectivity index (χ4v) is 1.69. The van der Waals surface area contributed by atoms with Gasteiger partial charge in [0.2, 0.25) is 5.91 Å². The molecule has 1 unspecified atom stereocenters. The van der Waals surface area contributed by atoms with E-state index in [-0.39, 0.29) is 6.61 Å². The Morgan fingerprint density at radius 3 is 2.41 bits per heavy atom. The van der Waals surface area contributed by atoms with E-state index in [2.05, 4.69) is 5.32 Å². The number of rotatable bonds is 6. The molecule has 4 heteroatoms. The van der Waals surface area contributed by atoms with Gasteiger partial charge in [-0.25, -0.2) is 0 Å². The molecule has 1 atom stereocenters. The van der Waals surface area contributed by atoms with Gasteiger partial charge >= 0.3 is 0 Å². The van der Waals surface area contributed by atoms with Crippen LogP contribution in [0.5, 0.6) is 0 Å². The van der Waals surface area contributed by atoms with Gasteiger partial charge in [-0.05, 0) is 25.5 Å². The Hall–Kier alpha value is -1.55. The maximum absolute atomic E-state index is 11.6. The predicted molar refractivity (Wildman–Crippen MR) is 68.9 cm³/mol. The molecule has 0 aliphatic heterocycles. The van der Waals surface area contributed by atoms with E-state index < -0.39 is 11.4 Å². The molecule has 0 heterocycles. The van der Waals surface area contributed by atoms with Gasteiger partial charge in [0.05, 0.1) is 6.61 Å². The van der Waals surface area contributed by atoms with E-state index in [1.54, 1.807) is 7.11 Å². The van der Waals surface area contributed by atoms with Gasteiger partial charge in [0.25, 0.3) is 0 Å². The van der Waals surface area contributed by atoms with E-state index in [4.69, 9.17) is 10.5 Å². The number of methoxy groups -OCH3 is 1. The molecule has 0 saturated carbocycles. The summed E-state index contributed by atoms with van der Waals surface area (Å²) in [5.41, 5.74) is 6.66. The van der Waals surface area contributed by atoms with Crippen molar-refractivity contribution < 1.29 is 9.53 Å². The van der Waals surface area contributed by atoms with Crippen LogP contribution in [0, 0.1) is 6.92 Å². The Morgan fingerprint density at radius 2 is 2.00 bits per heavy atom. The van der Waals surface area contributed by atoms with Crippen molar-refractivity contribution >= 4 is 11.6 Å². The Morgan fingerprint density at radius 1 is 1.41 bits per heavy atom. The quantitative estimate of drug-likeness (QED) is 0.790. The molecule has 3 N–H and O–H groups in total. The van der Waals surface area contributed by atoms with Crippen LogP contribution in [0.4, 0.5) is 5.69 Å². The molecule has 1 aromatic rings. The fourth-order valence-electron chi connectivity index (χ4n) is 1.69. The first kappa shape index (κ1) is 13.5. The minimum Gasteiger partial charge on any atom is -0.382 e. The zero-order valence-corrected chi connectivity index (χ0v) is 10.6. The topological polar surface area (TPSA) is 64.3 Å². The lowest BCUT2D eigenvalue weighted by Gasteiger charge is -2.30. The summed E-state index contributed by atoms with van der Waals surface area (Å²) in [5, 5.41) is 3.17. The van der Waals surface area contributed by atoms with Crippen molar-refractivity contribution in [1.29, 1.82) is 0 Å². The van der Waals surface area contributed by atoms with E-state index >= 15 is 0 Å². The summed E-state index contributed by atoms with van der Waals surface area (Å²) in [6, 6.07) is 7.82. The number of amides is 1. The summed E-state index contributed by atoms with van der Waals surface area (Å²) in [6.45, 7) is 4.18. The molecule has 1 aromatic carbocycles. The molecule has 0 spiro atoms. The minimum absolute atomic E-state index is 0.257. The summed E-state index contributed by atoms with van der Waals surface area (Å²) >= 11 is 0. The van der Waals surface area contributed by atoms with Crippen LogP contribution in [0.3, 0.4) is 0 Å². The highest BCUT2D eigenvalue weighted by atomic mass is 16.5. The van der Waals surface area contributed by atoms with Gasteiger partial charge in [0.1, 0.15) is 5.54 Å². The Labute approximate surface area is 102 Å². The summed E-state index contributed by atoms with van der Waals surface area (Å²) in [7, 11) is 1.56. The second-order valence-electron chi connectivity index (χ2n) is 4.22. The van der Waals surface area contributed by atoms with Gasteiger partial charge in [-0.2, -0.15) is 0 Å². The SMILES string of the molecule is CCC(COC)(Nc1ccc(C)cc1)C(N)=O. The third-order valence-electron chi connectivity index (χ3n) is 2.90. The Balaban J connectivity index is 2.92. The molecule has 17 heavy (non-hydrogen) atoms. The van der Waals surface area contributed by atoms with Gasteiger partial charge in [0.15, 0.2) is 0 Å². The maximum Gasteiger partial charge on any atom is 0.245 e. The van der Waals surface area contributed by atoms with Crippen molar-refractivity contribution in [3.05, 3.63) is 29.8 Å². The van der Waals surface area contributed by atoms with Gasteiger partial charge in [-0.15, -0.1) is 0 Å². The average molecular weight is 236 g/mol. The van der Waals surface area contributed by atoms with Crippen molar-refractivity contribution in [1.82, 2.24) is 0 Å². The lowest BCUT2D eigenvalue weighted by atomic mass is 9.95. The van der Waals surface area contributed by atoms with Crippen molar-refractivity contribution in [2.24, 2.45) is 5.73 Å². The zero-order chi connectivity index (χ0) is 12.9. The largest absolute Gasteiger partial charge is 0.382 e. The highest BCUT2D eigenvalue weighted by Gasteiger charge is 2.34. The highest BCUT2D eigenvalue weighted by Crippen LogP contribution is 2.19. The number of anilines is 1. The smallest absolute Gasteiger partial charge is 0.245 e. The third-order valence-corrected chi connectivity index (χ3v) is 2.90. The van der Waals surface area contributed by atoms with E-state index in [1.807, 2.05) is 38.1 Å². The molecule has 1 rings (SSSR count). The van der Waals surface area contributed by atoms with Crippen molar-refractivity contribution in [2.45, 2.75) is 25.8 Å². The van der Waals surface area contributed by atoms with Gasteiger partial charge in [-0.3, -0.25) is 4.79 Å². The molecular formula is C13H20N2O2. The molecule has 0 aromatic heterocycles. The van der Waals surface area contributed by atoms with Gasteiger partial charge in [0, 0.05) is 12.8 Å². The number of hydrogen-bond acceptors (Lipinski definition) is 3. The maximum atomic E-state index is 11.6. The van der Waals surface area contributed by atoms with Gasteiger partial charge < -0.3 is 15.8 Å². The molecular weight excluding hydrogens is 216 g/mol. The van der Waals surface area contributed by atoms with E-state index in [0.717, 1.165) is 5.69 Å². The fraction of sp³-hybridized carbons (Fsp3) is 0.462. The highest BCUT2D eigenvalue weighted by molar-refractivity contribution is 5.88. The predicted octanol–water partition coefficient (Wildman–Crippen LogP) is 1.69. The van der Waals surface area contributed by atoms with E-state index in [9.17, 15) is 4.79 Å². The summed E-state index contributed by atoms with van der Waals surface area (Å²) in [6.07, 6.45) is 0.573. The number of primary amides is 1. The van der Waals surface area contributed by atoms with Crippen molar-refractivity contribution in [2.75, 3.05) is 19.0 Å². The first-order valence-electron chi connectivity index (χ1n) is 5.68. The molecule has 0 radical (unpaired) electrons. The lowest BCUT2D eigenvalue weighted by molar-refractivity contribution is -0.124. The number of nitrogens with two attached hydrogens (primary N) is 1. The molecule has 0 aliphatic rings. The van der Waals surface area contributed by atoms with E-state index in [0.29, 0.717) is 6.42 Å². The summed E-state index contributed by atoms with van der Waals surface area (Å²) in [4.78, 5) is 11.6. The number of carbonyl (C=O) groups excluding carboxylic acids is 1. The molecule has 0 aliphatic carbocycles. The number of ether oxygens (including phenoxy) is 1. The number of aryl methyl sites for hydroxylation is 1. The van der Waals surface area contributed by atoms with E-state index in [1.165, 1.54) is 5.56 Å². The van der Waals surface area contributed by atoms with Crippen LogP contribution in [0.1, 0.15) is 18.9 Å².